The molecule has 0 unspecified atom stereocenters. The zero-order chi connectivity index (χ0) is 25.4. The van der Waals surface area contributed by atoms with Gasteiger partial charge in [-0.25, -0.2) is 13.6 Å². The van der Waals surface area contributed by atoms with Crippen molar-refractivity contribution in [2.75, 3.05) is 30.4 Å². The van der Waals surface area contributed by atoms with Crippen LogP contribution in [0.25, 0.3) is 0 Å². The highest BCUT2D eigenvalue weighted by atomic mass is 19.3. The van der Waals surface area contributed by atoms with Crippen LogP contribution in [0.2, 0.25) is 0 Å². The highest BCUT2D eigenvalue weighted by Crippen LogP contribution is 2.39. The van der Waals surface area contributed by atoms with E-state index in [1.54, 1.807) is 44.9 Å². The van der Waals surface area contributed by atoms with Crippen LogP contribution >= 0.6 is 0 Å². The standard InChI is InChI=1S/C26H31F2N3O4/c1-25(2,3)35-24(33)29-19-13-18-16-31(15-17-5-7-20(34-4)8-6-17)23(32)22(18)21(14-19)30-11-9-26(27,28)10-12-30/h5-8,13-14H,9-12,15-16H2,1-4H3,(H,29,33). The van der Waals surface area contributed by atoms with Gasteiger partial charge in [-0.15, -0.1) is 0 Å². The van der Waals surface area contributed by atoms with Crippen molar-refractivity contribution in [1.82, 2.24) is 4.90 Å². The number of ether oxygens (including phenoxy) is 2. The van der Waals surface area contributed by atoms with Crippen LogP contribution in [0.3, 0.4) is 0 Å². The number of halogens is 2. The molecular formula is C26H31F2N3O4. The lowest BCUT2D eigenvalue weighted by atomic mass is 10.0. The minimum absolute atomic E-state index is 0.126. The maximum Gasteiger partial charge on any atom is 0.412 e. The van der Waals surface area contributed by atoms with E-state index < -0.39 is 17.6 Å². The number of hydrogen-bond acceptors (Lipinski definition) is 5. The Hall–Kier alpha value is -3.36. The van der Waals surface area contributed by atoms with Gasteiger partial charge >= 0.3 is 6.09 Å². The number of fused-ring (bicyclic) bond motifs is 1. The summed E-state index contributed by atoms with van der Waals surface area (Å²) in [6.07, 6.45) is -1.18. The molecule has 9 heteroatoms. The van der Waals surface area contributed by atoms with Gasteiger partial charge in [0, 0.05) is 44.7 Å². The predicted octanol–water partition coefficient (Wildman–Crippen LogP) is 5.43. The van der Waals surface area contributed by atoms with Crippen molar-refractivity contribution in [3.8, 4) is 5.75 Å². The summed E-state index contributed by atoms with van der Waals surface area (Å²) in [5.74, 6) is -2.14. The zero-order valence-corrected chi connectivity index (χ0v) is 20.5. The van der Waals surface area contributed by atoms with Gasteiger partial charge < -0.3 is 19.3 Å². The van der Waals surface area contributed by atoms with Crippen LogP contribution in [-0.4, -0.2) is 48.6 Å². The Bertz CT molecular complexity index is 1100. The zero-order valence-electron chi connectivity index (χ0n) is 20.5. The number of carbonyl (C=O) groups excluding carboxylic acids is 2. The molecule has 0 aromatic heterocycles. The van der Waals surface area contributed by atoms with Crippen molar-refractivity contribution in [3.63, 3.8) is 0 Å². The van der Waals surface area contributed by atoms with E-state index >= 15 is 0 Å². The third-order valence-corrected chi connectivity index (χ3v) is 6.07. The molecule has 2 amide bonds. The quantitative estimate of drug-likeness (QED) is 0.609. The van der Waals surface area contributed by atoms with E-state index in [0.29, 0.717) is 30.0 Å². The monoisotopic (exact) mass is 487 g/mol. The second kappa shape index (κ2) is 9.36. The van der Waals surface area contributed by atoms with Gasteiger partial charge in [-0.05, 0) is 56.2 Å². The molecule has 2 aromatic rings. The summed E-state index contributed by atoms with van der Waals surface area (Å²) >= 11 is 0. The van der Waals surface area contributed by atoms with Gasteiger partial charge in [0.2, 0.25) is 0 Å². The van der Waals surface area contributed by atoms with Crippen LogP contribution in [0, 0.1) is 0 Å². The van der Waals surface area contributed by atoms with Gasteiger partial charge in [-0.2, -0.15) is 0 Å². The Morgan fingerprint density at radius 1 is 1.11 bits per heavy atom. The maximum atomic E-state index is 13.8. The summed E-state index contributed by atoms with van der Waals surface area (Å²) in [5.41, 5.74) is 2.53. The van der Waals surface area contributed by atoms with E-state index in [4.69, 9.17) is 9.47 Å². The second-order valence-corrected chi connectivity index (χ2v) is 10.0. The van der Waals surface area contributed by atoms with Crippen LogP contribution in [0.1, 0.15) is 55.1 Å². The first-order valence-corrected chi connectivity index (χ1v) is 11.7. The first-order valence-electron chi connectivity index (χ1n) is 11.7. The number of rotatable bonds is 5. The predicted molar refractivity (Wildman–Crippen MR) is 129 cm³/mol. The molecule has 0 aliphatic carbocycles. The lowest BCUT2D eigenvalue weighted by Gasteiger charge is -2.34. The largest absolute Gasteiger partial charge is 0.497 e. The fourth-order valence-electron chi connectivity index (χ4n) is 4.39. The molecule has 0 radical (unpaired) electrons. The number of nitrogens with one attached hydrogen (secondary N) is 1. The fourth-order valence-corrected chi connectivity index (χ4v) is 4.39. The van der Waals surface area contributed by atoms with E-state index in [9.17, 15) is 18.4 Å². The second-order valence-electron chi connectivity index (χ2n) is 10.0. The molecule has 7 nitrogen and oxygen atoms in total. The van der Waals surface area contributed by atoms with Gasteiger partial charge in [0.1, 0.15) is 11.4 Å². The Morgan fingerprint density at radius 2 is 1.77 bits per heavy atom. The molecule has 1 N–H and O–H groups in total. The molecule has 2 aliphatic heterocycles. The summed E-state index contributed by atoms with van der Waals surface area (Å²) in [6, 6.07) is 10.9. The van der Waals surface area contributed by atoms with Gasteiger partial charge in [-0.1, -0.05) is 12.1 Å². The maximum absolute atomic E-state index is 13.8. The van der Waals surface area contributed by atoms with E-state index in [-0.39, 0.29) is 31.8 Å². The van der Waals surface area contributed by atoms with Gasteiger partial charge in [0.25, 0.3) is 11.8 Å². The van der Waals surface area contributed by atoms with E-state index in [2.05, 4.69) is 5.32 Å². The summed E-state index contributed by atoms with van der Waals surface area (Å²) in [7, 11) is 1.59. The Balaban J connectivity index is 1.62. The Kier molecular flexibility index (Phi) is 6.62. The van der Waals surface area contributed by atoms with Gasteiger partial charge in [-0.3, -0.25) is 10.1 Å². The van der Waals surface area contributed by atoms with Gasteiger partial charge in [0.05, 0.1) is 18.4 Å². The van der Waals surface area contributed by atoms with Crippen molar-refractivity contribution in [3.05, 3.63) is 53.1 Å². The van der Waals surface area contributed by atoms with Crippen molar-refractivity contribution in [1.29, 1.82) is 0 Å². The van der Waals surface area contributed by atoms with Crippen LogP contribution in [-0.2, 0) is 17.8 Å². The van der Waals surface area contributed by atoms with Gasteiger partial charge in [0.15, 0.2) is 0 Å². The number of anilines is 2. The van der Waals surface area contributed by atoms with E-state index in [0.717, 1.165) is 16.9 Å². The first-order chi connectivity index (χ1) is 16.4. The van der Waals surface area contributed by atoms with Crippen molar-refractivity contribution in [2.45, 2.75) is 58.2 Å². The lowest BCUT2D eigenvalue weighted by molar-refractivity contribution is -0.0220. The van der Waals surface area contributed by atoms with Crippen LogP contribution in [0.4, 0.5) is 25.0 Å². The molecular weight excluding hydrogens is 456 g/mol. The number of piperidine rings is 1. The van der Waals surface area contributed by atoms with Crippen molar-refractivity contribution >= 4 is 23.4 Å². The smallest absolute Gasteiger partial charge is 0.412 e. The molecule has 0 saturated carbocycles. The third kappa shape index (κ3) is 5.83. The Labute approximate surface area is 204 Å². The molecule has 0 bridgehead atoms. The van der Waals surface area contributed by atoms with Crippen LogP contribution in [0.15, 0.2) is 36.4 Å². The topological polar surface area (TPSA) is 71.1 Å². The molecule has 2 aliphatic rings. The summed E-state index contributed by atoms with van der Waals surface area (Å²) < 4.78 is 38.2. The summed E-state index contributed by atoms with van der Waals surface area (Å²) in [4.78, 5) is 29.4. The minimum Gasteiger partial charge on any atom is -0.497 e. The molecule has 2 aromatic carbocycles. The summed E-state index contributed by atoms with van der Waals surface area (Å²) in [5, 5.41) is 2.74. The molecule has 2 heterocycles. The number of carbonyl (C=O) groups is 2. The van der Waals surface area contributed by atoms with Crippen LogP contribution in [0.5, 0.6) is 5.75 Å². The fraction of sp³-hybridized carbons (Fsp3) is 0.462. The SMILES string of the molecule is COc1ccc(CN2Cc3cc(NC(=O)OC(C)(C)C)cc(N4CCC(F)(F)CC4)c3C2=O)cc1. The average Bonchev–Trinajstić information content (AvgIpc) is 3.07. The molecule has 1 saturated heterocycles. The number of benzene rings is 2. The van der Waals surface area contributed by atoms with E-state index in [1.807, 2.05) is 29.2 Å². The first kappa shape index (κ1) is 24.8. The van der Waals surface area contributed by atoms with E-state index in [1.165, 1.54) is 0 Å². The molecule has 0 spiro atoms. The Morgan fingerprint density at radius 3 is 2.37 bits per heavy atom. The molecule has 0 atom stereocenters. The molecule has 1 fully saturated rings. The highest BCUT2D eigenvalue weighted by molar-refractivity contribution is 6.05. The molecule has 188 valence electrons. The number of alkyl halides is 2. The van der Waals surface area contributed by atoms with Crippen molar-refractivity contribution < 1.29 is 27.8 Å². The molecule has 35 heavy (non-hydrogen) atoms. The summed E-state index contributed by atoms with van der Waals surface area (Å²) in [6.45, 7) is 6.30. The number of methoxy groups -OCH3 is 1. The third-order valence-electron chi connectivity index (χ3n) is 6.07. The van der Waals surface area contributed by atoms with Crippen molar-refractivity contribution in [2.24, 2.45) is 0 Å². The highest BCUT2D eigenvalue weighted by Gasteiger charge is 2.38. The number of amides is 2. The minimum atomic E-state index is -2.71. The molecule has 4 rings (SSSR count). The lowest BCUT2D eigenvalue weighted by Crippen LogP contribution is -2.40. The number of hydrogen-bond donors (Lipinski definition) is 1. The average molecular weight is 488 g/mol. The van der Waals surface area contributed by atoms with Crippen LogP contribution < -0.4 is 15.0 Å². The normalized spacial score (nSPS) is 17.3. The number of nitrogens with zero attached hydrogens (tertiary/aromatic N) is 2.